The van der Waals surface area contributed by atoms with Crippen molar-refractivity contribution in [3.8, 4) is 0 Å². The molecule has 1 atom stereocenters. The highest BCUT2D eigenvalue weighted by Gasteiger charge is 2.43. The van der Waals surface area contributed by atoms with Gasteiger partial charge in [0.25, 0.3) is 15.9 Å². The quantitative estimate of drug-likeness (QED) is 0.559. The summed E-state index contributed by atoms with van der Waals surface area (Å²) in [4.78, 5) is 41.1. The Morgan fingerprint density at radius 3 is 2.39 bits per heavy atom. The van der Waals surface area contributed by atoms with E-state index in [1.165, 1.54) is 23.1 Å². The van der Waals surface area contributed by atoms with Crippen LogP contribution in [0.2, 0.25) is 5.02 Å². The SMILES string of the molecule is CC[C@H](C(=O)NC1CCCCC1)N(Cc1ccc(Cl)cc1)C(=O)CN1C(=O)c2ccccc2S1(=O)=O. The summed E-state index contributed by atoms with van der Waals surface area (Å²) in [5.74, 6) is -1.64. The second kappa shape index (κ2) is 11.0. The van der Waals surface area contributed by atoms with Crippen molar-refractivity contribution in [3.63, 3.8) is 0 Å². The van der Waals surface area contributed by atoms with Crippen LogP contribution in [0.15, 0.2) is 53.4 Å². The van der Waals surface area contributed by atoms with Crippen LogP contribution in [-0.4, -0.2) is 54.0 Å². The topological polar surface area (TPSA) is 104 Å². The summed E-state index contributed by atoms with van der Waals surface area (Å²) in [6.45, 7) is 1.19. The van der Waals surface area contributed by atoms with E-state index in [-0.39, 0.29) is 29.0 Å². The van der Waals surface area contributed by atoms with Crippen molar-refractivity contribution in [1.82, 2.24) is 14.5 Å². The summed E-state index contributed by atoms with van der Waals surface area (Å²) in [5, 5.41) is 3.61. The molecule has 0 radical (unpaired) electrons. The maximum atomic E-state index is 13.6. The van der Waals surface area contributed by atoms with Crippen molar-refractivity contribution in [2.24, 2.45) is 0 Å². The van der Waals surface area contributed by atoms with Gasteiger partial charge in [0.15, 0.2) is 0 Å². The molecule has 1 saturated carbocycles. The Morgan fingerprint density at radius 1 is 1.08 bits per heavy atom. The zero-order valence-corrected chi connectivity index (χ0v) is 21.7. The van der Waals surface area contributed by atoms with Gasteiger partial charge < -0.3 is 10.2 Å². The largest absolute Gasteiger partial charge is 0.352 e. The standard InChI is InChI=1S/C26H30ClN3O5S/c1-2-22(25(32)28-20-8-4-3-5-9-20)29(16-18-12-14-19(27)15-13-18)24(31)17-30-26(33)21-10-6-7-11-23(21)36(30,34)35/h6-7,10-15,20,22H,2-5,8-9,16-17H2,1H3,(H,28,32)/t22-/m1/s1. The number of nitrogens with one attached hydrogen (secondary N) is 1. The maximum absolute atomic E-state index is 13.6. The van der Waals surface area contributed by atoms with Crippen LogP contribution in [0.1, 0.15) is 61.4 Å². The summed E-state index contributed by atoms with van der Waals surface area (Å²) in [7, 11) is -4.16. The molecule has 4 rings (SSSR count). The number of hydrogen-bond donors (Lipinski definition) is 1. The van der Waals surface area contributed by atoms with E-state index in [9.17, 15) is 22.8 Å². The van der Waals surface area contributed by atoms with Crippen LogP contribution in [0.25, 0.3) is 0 Å². The number of hydrogen-bond acceptors (Lipinski definition) is 5. The Bertz CT molecular complexity index is 1240. The van der Waals surface area contributed by atoms with E-state index in [4.69, 9.17) is 11.6 Å². The summed E-state index contributed by atoms with van der Waals surface area (Å²) in [6, 6.07) is 12.0. The summed E-state index contributed by atoms with van der Waals surface area (Å²) in [5.41, 5.74) is 0.771. The number of halogens is 1. The molecule has 2 aliphatic rings. The highest BCUT2D eigenvalue weighted by molar-refractivity contribution is 7.90. The van der Waals surface area contributed by atoms with E-state index in [2.05, 4.69) is 5.32 Å². The summed E-state index contributed by atoms with van der Waals surface area (Å²) in [6.07, 6.45) is 5.36. The first-order valence-electron chi connectivity index (χ1n) is 12.2. The van der Waals surface area contributed by atoms with Crippen LogP contribution in [0, 0.1) is 0 Å². The number of benzene rings is 2. The lowest BCUT2D eigenvalue weighted by Crippen LogP contribution is -2.53. The van der Waals surface area contributed by atoms with Crippen LogP contribution in [0.4, 0.5) is 0 Å². The van der Waals surface area contributed by atoms with Gasteiger partial charge in [-0.3, -0.25) is 14.4 Å². The Hall–Kier alpha value is -2.91. The highest BCUT2D eigenvalue weighted by Crippen LogP contribution is 2.30. The second-order valence-electron chi connectivity index (χ2n) is 9.23. The van der Waals surface area contributed by atoms with E-state index >= 15 is 0 Å². The number of fused-ring (bicyclic) bond motifs is 1. The Kier molecular flexibility index (Phi) is 8.00. The molecule has 3 amide bonds. The molecule has 10 heteroatoms. The van der Waals surface area contributed by atoms with E-state index in [0.717, 1.165) is 37.7 Å². The number of sulfonamides is 1. The molecular weight excluding hydrogens is 502 g/mol. The Morgan fingerprint density at radius 2 is 1.75 bits per heavy atom. The van der Waals surface area contributed by atoms with Crippen LogP contribution >= 0.6 is 11.6 Å². The molecule has 1 aliphatic carbocycles. The number of nitrogens with zero attached hydrogens (tertiary/aromatic N) is 2. The molecule has 0 bridgehead atoms. The van der Waals surface area contributed by atoms with Gasteiger partial charge in [-0.2, -0.15) is 0 Å². The normalized spacial score (nSPS) is 17.9. The van der Waals surface area contributed by atoms with Gasteiger partial charge in [-0.15, -0.1) is 0 Å². The molecule has 1 N–H and O–H groups in total. The first-order valence-corrected chi connectivity index (χ1v) is 14.0. The van der Waals surface area contributed by atoms with E-state index in [1.807, 2.05) is 0 Å². The van der Waals surface area contributed by atoms with E-state index < -0.39 is 34.4 Å². The Labute approximate surface area is 216 Å². The molecule has 0 spiro atoms. The molecule has 1 aliphatic heterocycles. The van der Waals surface area contributed by atoms with Crippen LogP contribution < -0.4 is 5.32 Å². The average molecular weight is 532 g/mol. The molecule has 1 fully saturated rings. The summed E-state index contributed by atoms with van der Waals surface area (Å²) < 4.78 is 26.6. The van der Waals surface area contributed by atoms with Crippen molar-refractivity contribution in [1.29, 1.82) is 0 Å². The maximum Gasteiger partial charge on any atom is 0.269 e. The Balaban J connectivity index is 1.60. The van der Waals surface area contributed by atoms with E-state index in [1.54, 1.807) is 37.3 Å². The lowest BCUT2D eigenvalue weighted by molar-refractivity contribution is -0.141. The third-order valence-electron chi connectivity index (χ3n) is 6.79. The smallest absolute Gasteiger partial charge is 0.269 e. The van der Waals surface area contributed by atoms with Crippen LogP contribution in [0.3, 0.4) is 0 Å². The van der Waals surface area contributed by atoms with Crippen molar-refractivity contribution < 1.29 is 22.8 Å². The van der Waals surface area contributed by atoms with Gasteiger partial charge >= 0.3 is 0 Å². The third kappa shape index (κ3) is 5.42. The van der Waals surface area contributed by atoms with Gasteiger partial charge in [0.2, 0.25) is 11.8 Å². The first-order chi connectivity index (χ1) is 17.2. The molecule has 2 aromatic rings. The predicted octanol–water partition coefficient (Wildman–Crippen LogP) is 3.74. The van der Waals surface area contributed by atoms with Crippen LogP contribution in [-0.2, 0) is 26.2 Å². The number of carbonyl (C=O) groups excluding carboxylic acids is 3. The fourth-order valence-electron chi connectivity index (χ4n) is 4.85. The number of carbonyl (C=O) groups is 3. The van der Waals surface area contributed by atoms with Gasteiger partial charge in [0.05, 0.1) is 5.56 Å². The lowest BCUT2D eigenvalue weighted by atomic mass is 9.95. The molecule has 2 aromatic carbocycles. The third-order valence-corrected chi connectivity index (χ3v) is 8.83. The van der Waals surface area contributed by atoms with Crippen molar-refractivity contribution in [3.05, 3.63) is 64.7 Å². The van der Waals surface area contributed by atoms with E-state index in [0.29, 0.717) is 15.7 Å². The zero-order valence-electron chi connectivity index (χ0n) is 20.2. The van der Waals surface area contributed by atoms with Crippen molar-refractivity contribution >= 4 is 39.3 Å². The van der Waals surface area contributed by atoms with Gasteiger partial charge in [-0.05, 0) is 49.1 Å². The van der Waals surface area contributed by atoms with Crippen molar-refractivity contribution in [2.75, 3.05) is 6.54 Å². The van der Waals surface area contributed by atoms with Gasteiger partial charge in [-0.25, -0.2) is 12.7 Å². The lowest BCUT2D eigenvalue weighted by Gasteiger charge is -2.33. The molecule has 1 heterocycles. The van der Waals surface area contributed by atoms with Gasteiger partial charge in [0, 0.05) is 17.6 Å². The molecule has 0 aromatic heterocycles. The predicted molar refractivity (Wildman–Crippen MR) is 136 cm³/mol. The second-order valence-corrected chi connectivity index (χ2v) is 11.5. The minimum absolute atomic E-state index is 0.0386. The molecule has 0 unspecified atom stereocenters. The molecule has 0 saturated heterocycles. The molecule has 8 nitrogen and oxygen atoms in total. The number of amides is 3. The van der Waals surface area contributed by atoms with Crippen molar-refractivity contribution in [2.45, 2.75) is 69.0 Å². The van der Waals surface area contributed by atoms with Gasteiger partial charge in [0.1, 0.15) is 17.5 Å². The summed E-state index contributed by atoms with van der Waals surface area (Å²) >= 11 is 6.01. The highest BCUT2D eigenvalue weighted by atomic mass is 35.5. The minimum atomic E-state index is -4.16. The zero-order chi connectivity index (χ0) is 25.9. The first kappa shape index (κ1) is 26.2. The molecule has 36 heavy (non-hydrogen) atoms. The van der Waals surface area contributed by atoms with Crippen LogP contribution in [0.5, 0.6) is 0 Å². The average Bonchev–Trinajstić information content (AvgIpc) is 3.06. The minimum Gasteiger partial charge on any atom is -0.352 e. The fraction of sp³-hybridized carbons (Fsp3) is 0.423. The number of rotatable bonds is 8. The monoisotopic (exact) mass is 531 g/mol. The molecule has 192 valence electrons. The fourth-order valence-corrected chi connectivity index (χ4v) is 6.50. The molecular formula is C26H30ClN3O5S. The van der Waals surface area contributed by atoms with Gasteiger partial charge in [-0.1, -0.05) is 62.1 Å².